The van der Waals surface area contributed by atoms with Crippen LogP contribution >= 0.6 is 24.0 Å². The molecule has 2 amide bonds. The number of benzene rings is 1. The van der Waals surface area contributed by atoms with E-state index in [1.165, 1.54) is 0 Å². The molecule has 31 heavy (non-hydrogen) atoms. The highest BCUT2D eigenvalue weighted by atomic mass is 127. The molecule has 1 saturated heterocycles. The number of hydrogen-bond acceptors (Lipinski definition) is 4. The molecule has 1 fully saturated rings. The van der Waals surface area contributed by atoms with Crippen LogP contribution in [0.15, 0.2) is 29.3 Å². The predicted octanol–water partition coefficient (Wildman–Crippen LogP) is 3.07. The summed E-state index contributed by atoms with van der Waals surface area (Å²) in [6.45, 7) is 12.1. The number of rotatable bonds is 7. The zero-order valence-electron chi connectivity index (χ0n) is 19.0. The van der Waals surface area contributed by atoms with Crippen molar-refractivity contribution in [1.29, 1.82) is 0 Å². The monoisotopic (exact) mass is 545 g/mol. The quantitative estimate of drug-likeness (QED) is 0.313. The molecule has 1 aliphatic rings. The van der Waals surface area contributed by atoms with Gasteiger partial charge in [-0.05, 0) is 44.9 Å². The molecule has 1 atom stereocenters. The van der Waals surface area contributed by atoms with E-state index in [0.29, 0.717) is 44.9 Å². The molecule has 0 aliphatic carbocycles. The average Bonchev–Trinajstić information content (AvgIpc) is 2.77. The summed E-state index contributed by atoms with van der Waals surface area (Å²) >= 11 is 0. The highest BCUT2D eigenvalue weighted by Crippen LogP contribution is 2.09. The number of halogens is 1. The molecule has 9 heteroatoms. The largest absolute Gasteiger partial charge is 0.450 e. The van der Waals surface area contributed by atoms with Crippen LogP contribution in [0.1, 0.15) is 50.0 Å². The van der Waals surface area contributed by atoms with Crippen LogP contribution in [0.4, 0.5) is 4.79 Å². The summed E-state index contributed by atoms with van der Waals surface area (Å²) in [6, 6.07) is 7.73. The number of piperazine rings is 1. The summed E-state index contributed by atoms with van der Waals surface area (Å²) in [6.07, 6.45) is 0.636. The Bertz CT molecular complexity index is 736. The molecule has 1 aromatic rings. The fourth-order valence-electron chi connectivity index (χ4n) is 3.13. The van der Waals surface area contributed by atoms with E-state index >= 15 is 0 Å². The standard InChI is InChI=1S/C22H35N5O3.HI/c1-5-17(4)25-20(28)19-10-8-9-18(15-19)16-24-21(23-6-2)26-11-13-27(14-12-26)22(29)30-7-3;/h8-10,15,17H,5-7,11-14,16H2,1-4H3,(H,23,24)(H,25,28);1H. The lowest BCUT2D eigenvalue weighted by Gasteiger charge is -2.35. The lowest BCUT2D eigenvalue weighted by molar-refractivity contribution is 0.0912. The van der Waals surface area contributed by atoms with Gasteiger partial charge in [-0.2, -0.15) is 0 Å². The highest BCUT2D eigenvalue weighted by molar-refractivity contribution is 14.0. The van der Waals surface area contributed by atoms with E-state index in [1.54, 1.807) is 4.90 Å². The summed E-state index contributed by atoms with van der Waals surface area (Å²) in [5.41, 5.74) is 1.63. The number of carbonyl (C=O) groups is 2. The second-order valence-electron chi connectivity index (χ2n) is 7.33. The summed E-state index contributed by atoms with van der Waals surface area (Å²) in [5.74, 6) is 0.757. The minimum atomic E-state index is -0.258. The smallest absolute Gasteiger partial charge is 0.409 e. The Kier molecular flexibility index (Phi) is 12.3. The Hall–Kier alpha value is -2.04. The maximum atomic E-state index is 12.4. The minimum Gasteiger partial charge on any atom is -0.450 e. The summed E-state index contributed by atoms with van der Waals surface area (Å²) in [4.78, 5) is 32.9. The number of guanidine groups is 1. The van der Waals surface area contributed by atoms with Gasteiger partial charge in [0.05, 0.1) is 13.2 Å². The molecule has 0 saturated carbocycles. The van der Waals surface area contributed by atoms with Crippen LogP contribution in [0.3, 0.4) is 0 Å². The summed E-state index contributed by atoms with van der Waals surface area (Å²) in [7, 11) is 0. The Balaban J connectivity index is 0.00000480. The van der Waals surface area contributed by atoms with Crippen molar-refractivity contribution in [3.8, 4) is 0 Å². The highest BCUT2D eigenvalue weighted by Gasteiger charge is 2.23. The van der Waals surface area contributed by atoms with Crippen LogP contribution in [0.5, 0.6) is 0 Å². The van der Waals surface area contributed by atoms with Crippen LogP contribution in [0.25, 0.3) is 0 Å². The molecular formula is C22H36IN5O3. The maximum absolute atomic E-state index is 12.4. The number of aliphatic imine (C=N–C) groups is 1. The summed E-state index contributed by atoms with van der Waals surface area (Å²) < 4.78 is 5.08. The number of ether oxygens (including phenoxy) is 1. The van der Waals surface area contributed by atoms with E-state index in [0.717, 1.165) is 24.5 Å². The normalized spacial score (nSPS) is 15.0. The number of nitrogens with zero attached hydrogens (tertiary/aromatic N) is 3. The SMILES string of the molecule is CCNC(=NCc1cccc(C(=O)NC(C)CC)c1)N1CCN(C(=O)OCC)CC1.I. The minimum absolute atomic E-state index is 0. The van der Waals surface area contributed by atoms with Gasteiger partial charge in [0.25, 0.3) is 5.91 Å². The van der Waals surface area contributed by atoms with Crippen molar-refractivity contribution in [2.45, 2.75) is 46.7 Å². The van der Waals surface area contributed by atoms with Gasteiger partial charge in [0.1, 0.15) is 0 Å². The van der Waals surface area contributed by atoms with E-state index < -0.39 is 0 Å². The van der Waals surface area contributed by atoms with Gasteiger partial charge in [-0.3, -0.25) is 4.79 Å². The third-order valence-electron chi connectivity index (χ3n) is 5.03. The third kappa shape index (κ3) is 8.54. The van der Waals surface area contributed by atoms with Gasteiger partial charge < -0.3 is 25.2 Å². The van der Waals surface area contributed by atoms with Gasteiger partial charge in [-0.25, -0.2) is 9.79 Å². The first kappa shape index (κ1) is 27.0. The fourth-order valence-corrected chi connectivity index (χ4v) is 3.13. The lowest BCUT2D eigenvalue weighted by Crippen LogP contribution is -2.53. The average molecular weight is 545 g/mol. The van der Waals surface area contributed by atoms with Gasteiger partial charge in [0.2, 0.25) is 0 Å². The first-order valence-electron chi connectivity index (χ1n) is 10.8. The van der Waals surface area contributed by atoms with Crippen molar-refractivity contribution < 1.29 is 14.3 Å². The van der Waals surface area contributed by atoms with Crippen molar-refractivity contribution in [3.05, 3.63) is 35.4 Å². The molecule has 2 rings (SSSR count). The van der Waals surface area contributed by atoms with Gasteiger partial charge in [0, 0.05) is 44.3 Å². The molecule has 0 bridgehead atoms. The molecule has 174 valence electrons. The molecule has 1 aromatic carbocycles. The van der Waals surface area contributed by atoms with Gasteiger partial charge in [0.15, 0.2) is 5.96 Å². The predicted molar refractivity (Wildman–Crippen MR) is 134 cm³/mol. The maximum Gasteiger partial charge on any atom is 0.409 e. The fraction of sp³-hybridized carbons (Fsp3) is 0.591. The van der Waals surface area contributed by atoms with Crippen molar-refractivity contribution in [3.63, 3.8) is 0 Å². The van der Waals surface area contributed by atoms with Crippen molar-refractivity contribution in [1.82, 2.24) is 20.4 Å². The van der Waals surface area contributed by atoms with Crippen molar-refractivity contribution in [2.24, 2.45) is 4.99 Å². The zero-order chi connectivity index (χ0) is 21.9. The molecule has 0 spiro atoms. The second kappa shape index (κ2) is 14.1. The Morgan fingerprint density at radius 3 is 2.42 bits per heavy atom. The lowest BCUT2D eigenvalue weighted by atomic mass is 10.1. The van der Waals surface area contributed by atoms with Crippen LogP contribution in [-0.4, -0.2) is 73.1 Å². The molecule has 0 aromatic heterocycles. The van der Waals surface area contributed by atoms with Gasteiger partial charge >= 0.3 is 6.09 Å². The first-order valence-corrected chi connectivity index (χ1v) is 10.8. The van der Waals surface area contributed by atoms with E-state index in [2.05, 4.69) is 15.5 Å². The van der Waals surface area contributed by atoms with Crippen LogP contribution < -0.4 is 10.6 Å². The Morgan fingerprint density at radius 2 is 1.81 bits per heavy atom. The third-order valence-corrected chi connectivity index (χ3v) is 5.03. The number of hydrogen-bond donors (Lipinski definition) is 2. The Labute approximate surface area is 202 Å². The second-order valence-corrected chi connectivity index (χ2v) is 7.33. The number of carbonyl (C=O) groups excluding carboxylic acids is 2. The van der Waals surface area contributed by atoms with Crippen LogP contribution in [0, 0.1) is 0 Å². The molecule has 1 aliphatic heterocycles. The molecule has 2 N–H and O–H groups in total. The van der Waals surface area contributed by atoms with Crippen LogP contribution in [0.2, 0.25) is 0 Å². The Morgan fingerprint density at radius 1 is 1.13 bits per heavy atom. The molecule has 1 unspecified atom stereocenters. The summed E-state index contributed by atoms with van der Waals surface area (Å²) in [5, 5.41) is 6.32. The van der Waals surface area contributed by atoms with Crippen molar-refractivity contribution in [2.75, 3.05) is 39.3 Å². The first-order chi connectivity index (χ1) is 14.5. The van der Waals surface area contributed by atoms with E-state index in [-0.39, 0.29) is 42.0 Å². The topological polar surface area (TPSA) is 86.3 Å². The van der Waals surface area contributed by atoms with Crippen molar-refractivity contribution >= 4 is 41.9 Å². The number of amides is 2. The van der Waals surface area contributed by atoms with Gasteiger partial charge in [-0.15, -0.1) is 24.0 Å². The molecule has 1 heterocycles. The molecular weight excluding hydrogens is 509 g/mol. The van der Waals surface area contributed by atoms with E-state index in [9.17, 15) is 9.59 Å². The number of nitrogens with one attached hydrogen (secondary N) is 2. The molecule has 8 nitrogen and oxygen atoms in total. The van der Waals surface area contributed by atoms with Crippen LogP contribution in [-0.2, 0) is 11.3 Å². The van der Waals surface area contributed by atoms with E-state index in [1.807, 2.05) is 52.0 Å². The van der Waals surface area contributed by atoms with Gasteiger partial charge in [-0.1, -0.05) is 19.1 Å². The molecule has 0 radical (unpaired) electrons. The van der Waals surface area contributed by atoms with E-state index in [4.69, 9.17) is 9.73 Å². The zero-order valence-corrected chi connectivity index (χ0v) is 21.3.